The summed E-state index contributed by atoms with van der Waals surface area (Å²) in [5.74, 6) is 0.804. The topological polar surface area (TPSA) is 123 Å². The van der Waals surface area contributed by atoms with E-state index in [-0.39, 0.29) is 5.91 Å². The molecule has 0 unspecified atom stereocenters. The van der Waals surface area contributed by atoms with E-state index in [1.54, 1.807) is 48.8 Å². The third kappa shape index (κ3) is 4.07. The van der Waals surface area contributed by atoms with Crippen LogP contribution in [0.25, 0.3) is 17.2 Å². The highest BCUT2D eigenvalue weighted by Crippen LogP contribution is 2.24. The summed E-state index contributed by atoms with van der Waals surface area (Å²) in [6.07, 6.45) is 5.29. The lowest BCUT2D eigenvalue weighted by Crippen LogP contribution is -2.13. The Kier molecular flexibility index (Phi) is 5.12. The lowest BCUT2D eigenvalue weighted by molar-refractivity contribution is 0.102. The van der Waals surface area contributed by atoms with E-state index < -0.39 is 0 Å². The van der Waals surface area contributed by atoms with Crippen LogP contribution in [-0.2, 0) is 0 Å². The van der Waals surface area contributed by atoms with E-state index in [0.29, 0.717) is 28.7 Å². The van der Waals surface area contributed by atoms with Gasteiger partial charge in [0.1, 0.15) is 0 Å². The maximum absolute atomic E-state index is 12.5. The second-order valence-corrected chi connectivity index (χ2v) is 7.34. The molecule has 0 aliphatic heterocycles. The molecule has 9 heteroatoms. The van der Waals surface area contributed by atoms with Gasteiger partial charge < -0.3 is 16.4 Å². The van der Waals surface area contributed by atoms with Crippen LogP contribution in [0.5, 0.6) is 0 Å². The summed E-state index contributed by atoms with van der Waals surface area (Å²) in [7, 11) is 0. The van der Waals surface area contributed by atoms with Crippen molar-refractivity contribution in [2.45, 2.75) is 6.92 Å². The third-order valence-corrected chi connectivity index (χ3v) is 5.09. The molecule has 4 N–H and O–H groups in total. The minimum absolute atomic E-state index is 0.241. The number of carbonyl (C=O) groups is 1. The summed E-state index contributed by atoms with van der Waals surface area (Å²) >= 11 is 0. The number of rotatable bonds is 5. The minimum Gasteiger partial charge on any atom is -0.397 e. The summed E-state index contributed by atoms with van der Waals surface area (Å²) < 4.78 is 1.90. The molecular formula is C24H20N8O. The molecule has 0 saturated heterocycles. The van der Waals surface area contributed by atoms with Gasteiger partial charge >= 0.3 is 0 Å². The summed E-state index contributed by atoms with van der Waals surface area (Å²) in [5.41, 5.74) is 10.6. The van der Waals surface area contributed by atoms with E-state index in [1.165, 1.54) is 0 Å². The maximum atomic E-state index is 12.5. The van der Waals surface area contributed by atoms with Crippen LogP contribution >= 0.6 is 0 Å². The highest BCUT2D eigenvalue weighted by Gasteiger charge is 2.14. The number of para-hydroxylation sites is 2. The largest absolute Gasteiger partial charge is 0.397 e. The number of aryl methyl sites for hydroxylation is 1. The van der Waals surface area contributed by atoms with E-state index in [1.807, 2.05) is 41.8 Å². The molecule has 3 heterocycles. The predicted octanol–water partition coefficient (Wildman–Crippen LogP) is 4.07. The first-order valence-electron chi connectivity index (χ1n) is 10.2. The SMILES string of the molecule is Cc1nc2ncccn2c1-c1ccnc(Nc2ccc(C(=O)Nc3ccccc3N)cc2)n1. The molecule has 0 aliphatic rings. The summed E-state index contributed by atoms with van der Waals surface area (Å²) in [6, 6.07) is 17.8. The van der Waals surface area contributed by atoms with Gasteiger partial charge in [-0.05, 0) is 55.5 Å². The molecule has 0 radical (unpaired) electrons. The van der Waals surface area contributed by atoms with Gasteiger partial charge in [-0.1, -0.05) is 12.1 Å². The lowest BCUT2D eigenvalue weighted by Gasteiger charge is -2.09. The third-order valence-electron chi connectivity index (χ3n) is 5.09. The number of carbonyl (C=O) groups excluding carboxylic acids is 1. The number of fused-ring (bicyclic) bond motifs is 1. The Morgan fingerprint density at radius 2 is 1.76 bits per heavy atom. The van der Waals surface area contributed by atoms with Gasteiger partial charge in [-0.15, -0.1) is 0 Å². The highest BCUT2D eigenvalue weighted by molar-refractivity contribution is 6.05. The molecule has 162 valence electrons. The monoisotopic (exact) mass is 436 g/mol. The zero-order valence-corrected chi connectivity index (χ0v) is 17.7. The molecule has 2 aromatic carbocycles. The number of hydrogen-bond donors (Lipinski definition) is 3. The molecule has 0 bridgehead atoms. The zero-order chi connectivity index (χ0) is 22.8. The number of amides is 1. The second-order valence-electron chi connectivity index (χ2n) is 7.34. The van der Waals surface area contributed by atoms with Gasteiger partial charge in [0, 0.05) is 29.8 Å². The molecule has 0 aliphatic carbocycles. The van der Waals surface area contributed by atoms with Crippen LogP contribution in [0.4, 0.5) is 23.0 Å². The van der Waals surface area contributed by atoms with Crippen LogP contribution < -0.4 is 16.4 Å². The van der Waals surface area contributed by atoms with Crippen molar-refractivity contribution in [2.24, 2.45) is 0 Å². The quantitative estimate of drug-likeness (QED) is 0.355. The van der Waals surface area contributed by atoms with Crippen LogP contribution in [0.1, 0.15) is 16.1 Å². The van der Waals surface area contributed by atoms with Crippen molar-refractivity contribution in [1.29, 1.82) is 0 Å². The van der Waals surface area contributed by atoms with Crippen molar-refractivity contribution < 1.29 is 4.79 Å². The normalized spacial score (nSPS) is 10.8. The van der Waals surface area contributed by atoms with Crippen LogP contribution in [0.15, 0.2) is 79.3 Å². The number of nitrogens with one attached hydrogen (secondary N) is 2. The van der Waals surface area contributed by atoms with Gasteiger partial charge in [0.15, 0.2) is 0 Å². The Morgan fingerprint density at radius 1 is 0.939 bits per heavy atom. The smallest absolute Gasteiger partial charge is 0.255 e. The number of nitrogen functional groups attached to an aromatic ring is 1. The second kappa shape index (κ2) is 8.39. The van der Waals surface area contributed by atoms with Crippen molar-refractivity contribution in [3.8, 4) is 11.4 Å². The van der Waals surface area contributed by atoms with Crippen LogP contribution in [0, 0.1) is 6.92 Å². The first kappa shape index (κ1) is 20.1. The van der Waals surface area contributed by atoms with Crippen molar-refractivity contribution in [3.05, 3.63) is 90.5 Å². The van der Waals surface area contributed by atoms with Crippen LogP contribution in [0.2, 0.25) is 0 Å². The van der Waals surface area contributed by atoms with E-state index >= 15 is 0 Å². The molecule has 0 fully saturated rings. The number of nitrogens with zero attached hydrogens (tertiary/aromatic N) is 5. The van der Waals surface area contributed by atoms with Gasteiger partial charge in [-0.3, -0.25) is 9.20 Å². The number of nitrogens with two attached hydrogens (primary N) is 1. The number of aromatic nitrogens is 5. The van der Waals surface area contributed by atoms with Crippen molar-refractivity contribution in [2.75, 3.05) is 16.4 Å². The number of anilines is 4. The minimum atomic E-state index is -0.241. The molecular weight excluding hydrogens is 416 g/mol. The van der Waals surface area contributed by atoms with E-state index in [0.717, 1.165) is 22.8 Å². The molecule has 3 aromatic heterocycles. The average molecular weight is 436 g/mol. The van der Waals surface area contributed by atoms with E-state index in [9.17, 15) is 4.79 Å². The first-order valence-corrected chi connectivity index (χ1v) is 10.2. The Morgan fingerprint density at radius 3 is 2.58 bits per heavy atom. The van der Waals surface area contributed by atoms with Gasteiger partial charge in [0.2, 0.25) is 11.7 Å². The molecule has 5 rings (SSSR count). The first-order chi connectivity index (χ1) is 16.1. The maximum Gasteiger partial charge on any atom is 0.255 e. The standard InChI is InChI=1S/C24H20N8O/c1-15-21(32-14-4-12-27-24(32)28-15)20-11-13-26-23(31-20)29-17-9-7-16(8-10-17)22(33)30-19-6-3-2-5-18(19)25/h2-14H,25H2,1H3,(H,30,33)(H,26,29,31). The highest BCUT2D eigenvalue weighted by atomic mass is 16.1. The van der Waals surface area contributed by atoms with Crippen molar-refractivity contribution in [1.82, 2.24) is 24.3 Å². The van der Waals surface area contributed by atoms with E-state index in [4.69, 9.17) is 5.73 Å². The molecule has 33 heavy (non-hydrogen) atoms. The summed E-state index contributed by atoms with van der Waals surface area (Å²) in [5, 5.41) is 6.00. The van der Waals surface area contributed by atoms with Gasteiger partial charge in [0.05, 0.1) is 28.5 Å². The molecule has 0 atom stereocenters. The van der Waals surface area contributed by atoms with Crippen molar-refractivity contribution in [3.63, 3.8) is 0 Å². The fourth-order valence-electron chi connectivity index (χ4n) is 3.50. The fraction of sp³-hybridized carbons (Fsp3) is 0.0417. The van der Waals surface area contributed by atoms with Crippen LogP contribution in [0.3, 0.4) is 0 Å². The number of benzene rings is 2. The molecule has 1 amide bonds. The average Bonchev–Trinajstić information content (AvgIpc) is 3.17. The fourth-order valence-corrected chi connectivity index (χ4v) is 3.50. The van der Waals surface area contributed by atoms with Gasteiger partial charge in [0.25, 0.3) is 5.91 Å². The Balaban J connectivity index is 1.34. The van der Waals surface area contributed by atoms with Crippen molar-refractivity contribution >= 4 is 34.7 Å². The molecule has 9 nitrogen and oxygen atoms in total. The Labute approximate surface area is 189 Å². The summed E-state index contributed by atoms with van der Waals surface area (Å²) in [6.45, 7) is 1.92. The molecule has 5 aromatic rings. The summed E-state index contributed by atoms with van der Waals surface area (Å²) in [4.78, 5) is 30.3. The van der Waals surface area contributed by atoms with Crippen LogP contribution in [-0.4, -0.2) is 30.2 Å². The Bertz CT molecular complexity index is 1460. The molecule has 0 spiro atoms. The number of imidazole rings is 1. The lowest BCUT2D eigenvalue weighted by atomic mass is 10.2. The van der Waals surface area contributed by atoms with E-state index in [2.05, 4.69) is 30.6 Å². The zero-order valence-electron chi connectivity index (χ0n) is 17.7. The van der Waals surface area contributed by atoms with Gasteiger partial charge in [-0.2, -0.15) is 0 Å². The van der Waals surface area contributed by atoms with Gasteiger partial charge in [-0.25, -0.2) is 19.9 Å². The number of hydrogen-bond acceptors (Lipinski definition) is 7. The Hall–Kier alpha value is -4.79. The molecule has 0 saturated carbocycles. The predicted molar refractivity (Wildman–Crippen MR) is 127 cm³/mol.